The van der Waals surface area contributed by atoms with E-state index in [1.165, 1.54) is 6.42 Å². The van der Waals surface area contributed by atoms with Crippen molar-refractivity contribution in [3.05, 3.63) is 24.4 Å². The van der Waals surface area contributed by atoms with Crippen LogP contribution in [0.5, 0.6) is 5.75 Å². The first-order valence-electron chi connectivity index (χ1n) is 7.90. The summed E-state index contributed by atoms with van der Waals surface area (Å²) in [7, 11) is 1.60. The maximum absolute atomic E-state index is 11.9. The normalized spacial score (nSPS) is 14.7. The van der Waals surface area contributed by atoms with Gasteiger partial charge in [-0.05, 0) is 37.5 Å². The lowest BCUT2D eigenvalue weighted by atomic mass is 9.96. The van der Waals surface area contributed by atoms with E-state index in [4.69, 9.17) is 14.2 Å². The Labute approximate surface area is 135 Å². The van der Waals surface area contributed by atoms with Crippen molar-refractivity contribution < 1.29 is 19.0 Å². The third-order valence-corrected chi connectivity index (χ3v) is 3.95. The number of aromatic nitrogens is 1. The summed E-state index contributed by atoms with van der Waals surface area (Å²) in [6.07, 6.45) is 5.59. The number of carbonyl (C=O) groups excluding carboxylic acids is 1. The van der Waals surface area contributed by atoms with Crippen molar-refractivity contribution in [2.24, 2.45) is 0 Å². The second-order valence-corrected chi connectivity index (χ2v) is 5.67. The fraction of sp³-hybridized carbons (Fsp3) is 0.471. The van der Waals surface area contributed by atoms with Gasteiger partial charge in [0, 0.05) is 24.2 Å². The van der Waals surface area contributed by atoms with Gasteiger partial charge in [-0.1, -0.05) is 0 Å². The molecule has 0 saturated heterocycles. The number of nitrogens with one attached hydrogen (secondary N) is 2. The lowest BCUT2D eigenvalue weighted by molar-refractivity contribution is -0.121. The molecule has 23 heavy (non-hydrogen) atoms. The molecule has 1 aliphatic rings. The van der Waals surface area contributed by atoms with Gasteiger partial charge < -0.3 is 24.5 Å². The molecule has 1 amide bonds. The van der Waals surface area contributed by atoms with Crippen LogP contribution in [-0.4, -0.2) is 43.9 Å². The van der Waals surface area contributed by atoms with Crippen LogP contribution in [0.2, 0.25) is 0 Å². The molecule has 2 N–H and O–H groups in total. The van der Waals surface area contributed by atoms with E-state index in [0.717, 1.165) is 35.2 Å². The van der Waals surface area contributed by atoms with E-state index in [0.29, 0.717) is 19.3 Å². The fourth-order valence-electron chi connectivity index (χ4n) is 2.45. The molecule has 6 nitrogen and oxygen atoms in total. The number of hydrogen-bond acceptors (Lipinski definition) is 4. The Morgan fingerprint density at radius 2 is 2.22 bits per heavy atom. The van der Waals surface area contributed by atoms with Gasteiger partial charge in [-0.2, -0.15) is 0 Å². The highest BCUT2D eigenvalue weighted by Gasteiger charge is 2.19. The minimum Gasteiger partial charge on any atom is -0.490 e. The highest BCUT2D eigenvalue weighted by Crippen LogP contribution is 2.30. The zero-order valence-corrected chi connectivity index (χ0v) is 13.3. The first-order valence-corrected chi connectivity index (χ1v) is 7.90. The molecule has 124 valence electrons. The minimum atomic E-state index is -0.188. The Balaban J connectivity index is 1.63. The van der Waals surface area contributed by atoms with Gasteiger partial charge in [-0.3, -0.25) is 4.79 Å². The van der Waals surface area contributed by atoms with Gasteiger partial charge in [0.2, 0.25) is 5.91 Å². The Kier molecular flexibility index (Phi) is 5.15. The van der Waals surface area contributed by atoms with E-state index in [9.17, 15) is 4.79 Å². The molecule has 2 aromatic rings. The lowest BCUT2D eigenvalue weighted by Gasteiger charge is -2.26. The van der Waals surface area contributed by atoms with Crippen LogP contribution in [0.4, 0.5) is 5.69 Å². The number of amides is 1. The molecule has 0 atom stereocenters. The van der Waals surface area contributed by atoms with E-state index in [1.807, 2.05) is 18.2 Å². The van der Waals surface area contributed by atoms with Crippen molar-refractivity contribution in [3.63, 3.8) is 0 Å². The number of benzene rings is 1. The van der Waals surface area contributed by atoms with Crippen molar-refractivity contribution >= 4 is 22.5 Å². The van der Waals surface area contributed by atoms with Crippen LogP contribution in [-0.2, 0) is 14.3 Å². The monoisotopic (exact) mass is 318 g/mol. The van der Waals surface area contributed by atoms with Gasteiger partial charge in [0.1, 0.15) is 12.4 Å². The summed E-state index contributed by atoms with van der Waals surface area (Å²) < 4.78 is 16.0. The van der Waals surface area contributed by atoms with Crippen molar-refractivity contribution in [2.75, 3.05) is 32.2 Å². The van der Waals surface area contributed by atoms with Crippen LogP contribution in [0.25, 0.3) is 10.9 Å². The van der Waals surface area contributed by atoms with Crippen LogP contribution in [0, 0.1) is 0 Å². The first kappa shape index (κ1) is 15.8. The van der Waals surface area contributed by atoms with Gasteiger partial charge in [-0.25, -0.2) is 0 Å². The summed E-state index contributed by atoms with van der Waals surface area (Å²) >= 11 is 0. The predicted octanol–water partition coefficient (Wildman–Crippen LogP) is 2.70. The molecule has 1 saturated carbocycles. The number of hydrogen-bond donors (Lipinski definition) is 2. The number of aromatic amines is 1. The number of fused-ring (bicyclic) bond motifs is 1. The number of anilines is 1. The lowest BCUT2D eigenvalue weighted by Crippen LogP contribution is -2.24. The molecular weight excluding hydrogens is 296 g/mol. The van der Waals surface area contributed by atoms with E-state index in [2.05, 4.69) is 10.3 Å². The van der Waals surface area contributed by atoms with Crippen molar-refractivity contribution in [3.8, 4) is 5.75 Å². The van der Waals surface area contributed by atoms with Gasteiger partial charge in [0.15, 0.2) is 0 Å². The summed E-state index contributed by atoms with van der Waals surface area (Å²) in [6, 6.07) is 5.89. The number of rotatable bonds is 8. The highest BCUT2D eigenvalue weighted by molar-refractivity contribution is 6.02. The predicted molar refractivity (Wildman–Crippen MR) is 87.9 cm³/mol. The smallest absolute Gasteiger partial charge is 0.250 e. The molecule has 0 bridgehead atoms. The van der Waals surface area contributed by atoms with Crippen LogP contribution in [0.3, 0.4) is 0 Å². The zero-order valence-electron chi connectivity index (χ0n) is 13.3. The minimum absolute atomic E-state index is 0.00823. The molecular formula is C17H22N2O4. The molecule has 1 aliphatic carbocycles. The Morgan fingerprint density at radius 3 is 2.96 bits per heavy atom. The zero-order chi connectivity index (χ0) is 16.1. The van der Waals surface area contributed by atoms with Gasteiger partial charge in [0.05, 0.1) is 25.0 Å². The third-order valence-electron chi connectivity index (χ3n) is 3.95. The SMILES string of the molecule is COCCOCC(=O)Nc1c[nH]c2ccc(OC3CCC3)cc12. The summed E-state index contributed by atoms with van der Waals surface area (Å²) in [4.78, 5) is 15.1. The Morgan fingerprint density at radius 1 is 1.35 bits per heavy atom. The van der Waals surface area contributed by atoms with E-state index < -0.39 is 0 Å². The van der Waals surface area contributed by atoms with Gasteiger partial charge >= 0.3 is 0 Å². The van der Waals surface area contributed by atoms with Crippen LogP contribution in [0.1, 0.15) is 19.3 Å². The standard InChI is InChI=1S/C17H22N2O4/c1-21-7-8-22-11-17(20)19-16-10-18-15-6-5-13(9-14(15)16)23-12-3-2-4-12/h5-6,9-10,12,18H,2-4,7-8,11H2,1H3,(H,19,20). The van der Waals surface area contributed by atoms with E-state index in [-0.39, 0.29) is 12.5 Å². The molecule has 0 spiro atoms. The van der Waals surface area contributed by atoms with Crippen molar-refractivity contribution in [2.45, 2.75) is 25.4 Å². The average Bonchev–Trinajstić information content (AvgIpc) is 2.90. The van der Waals surface area contributed by atoms with Gasteiger partial charge in [0.25, 0.3) is 0 Å². The highest BCUT2D eigenvalue weighted by atomic mass is 16.5. The molecule has 1 aromatic heterocycles. The van der Waals surface area contributed by atoms with Crippen molar-refractivity contribution in [1.29, 1.82) is 0 Å². The van der Waals surface area contributed by atoms with Crippen LogP contribution in [0.15, 0.2) is 24.4 Å². The molecule has 1 heterocycles. The maximum atomic E-state index is 11.9. The number of methoxy groups -OCH3 is 1. The molecule has 1 fully saturated rings. The van der Waals surface area contributed by atoms with E-state index >= 15 is 0 Å². The molecule has 0 unspecified atom stereocenters. The fourth-order valence-corrected chi connectivity index (χ4v) is 2.45. The molecule has 0 aliphatic heterocycles. The second kappa shape index (κ2) is 7.48. The summed E-state index contributed by atoms with van der Waals surface area (Å²) in [6.45, 7) is 0.883. The third kappa shape index (κ3) is 4.03. The van der Waals surface area contributed by atoms with Gasteiger partial charge in [-0.15, -0.1) is 0 Å². The second-order valence-electron chi connectivity index (χ2n) is 5.67. The molecule has 6 heteroatoms. The quantitative estimate of drug-likeness (QED) is 0.734. The number of carbonyl (C=O) groups is 1. The molecule has 3 rings (SSSR count). The van der Waals surface area contributed by atoms with Crippen LogP contribution >= 0.6 is 0 Å². The largest absolute Gasteiger partial charge is 0.490 e. The summed E-state index contributed by atoms with van der Waals surface area (Å²) in [5, 5.41) is 3.80. The maximum Gasteiger partial charge on any atom is 0.250 e. The molecule has 1 aromatic carbocycles. The number of H-pyrrole nitrogens is 1. The summed E-state index contributed by atoms with van der Waals surface area (Å²) in [5.41, 5.74) is 1.70. The average molecular weight is 318 g/mol. The van der Waals surface area contributed by atoms with E-state index in [1.54, 1.807) is 13.3 Å². The Hall–Kier alpha value is -2.05. The van der Waals surface area contributed by atoms with Crippen LogP contribution < -0.4 is 10.1 Å². The molecule has 0 radical (unpaired) electrons. The Bertz CT molecular complexity index is 664. The van der Waals surface area contributed by atoms with Crippen molar-refractivity contribution in [1.82, 2.24) is 4.98 Å². The number of ether oxygens (including phenoxy) is 3. The first-order chi connectivity index (χ1) is 11.3. The summed E-state index contributed by atoms with van der Waals surface area (Å²) in [5.74, 6) is 0.654. The topological polar surface area (TPSA) is 72.6 Å².